The molecule has 2 unspecified atom stereocenters. The molecule has 21 heavy (non-hydrogen) atoms. The fourth-order valence-electron chi connectivity index (χ4n) is 3.26. The van der Waals surface area contributed by atoms with Crippen LogP contribution in [-0.4, -0.2) is 43.0 Å². The number of hydrogen-bond donors (Lipinski definition) is 2. The third kappa shape index (κ3) is 3.51. The number of carbonyl (C=O) groups excluding carboxylic acids is 1. The Balaban J connectivity index is 1.55. The maximum atomic E-state index is 12.2. The summed E-state index contributed by atoms with van der Waals surface area (Å²) in [6.07, 6.45) is 2.33. The largest absolute Gasteiger partial charge is 0.324 e. The summed E-state index contributed by atoms with van der Waals surface area (Å²) >= 11 is 12.0. The lowest BCUT2D eigenvalue weighted by Gasteiger charge is -2.34. The lowest BCUT2D eigenvalue weighted by Crippen LogP contribution is -2.46. The van der Waals surface area contributed by atoms with E-state index in [9.17, 15) is 4.79 Å². The molecule has 6 heteroatoms. The molecular formula is C15H19Cl2N3O. The molecule has 2 aliphatic rings. The Kier molecular flexibility index (Phi) is 4.69. The number of amides is 1. The fourth-order valence-corrected chi connectivity index (χ4v) is 3.61. The maximum absolute atomic E-state index is 12.2. The van der Waals surface area contributed by atoms with Gasteiger partial charge in [0.1, 0.15) is 0 Å². The van der Waals surface area contributed by atoms with Crippen molar-refractivity contribution in [3.05, 3.63) is 28.2 Å². The molecule has 2 saturated heterocycles. The normalized spacial score (nSPS) is 25.6. The van der Waals surface area contributed by atoms with Gasteiger partial charge in [0.2, 0.25) is 5.91 Å². The number of benzene rings is 1. The molecule has 0 aromatic heterocycles. The van der Waals surface area contributed by atoms with E-state index in [1.165, 1.54) is 6.42 Å². The number of halogens is 2. The molecule has 2 N–H and O–H groups in total. The molecule has 0 radical (unpaired) electrons. The summed E-state index contributed by atoms with van der Waals surface area (Å²) in [7, 11) is 0. The molecule has 1 aromatic carbocycles. The van der Waals surface area contributed by atoms with E-state index in [4.69, 9.17) is 23.2 Å². The van der Waals surface area contributed by atoms with Gasteiger partial charge in [-0.3, -0.25) is 9.69 Å². The maximum Gasteiger partial charge on any atom is 0.238 e. The molecule has 2 aliphatic heterocycles. The smallest absolute Gasteiger partial charge is 0.238 e. The molecule has 2 fully saturated rings. The van der Waals surface area contributed by atoms with Crippen molar-refractivity contribution in [3.63, 3.8) is 0 Å². The molecule has 2 heterocycles. The topological polar surface area (TPSA) is 44.4 Å². The molecule has 0 saturated carbocycles. The van der Waals surface area contributed by atoms with Crippen molar-refractivity contribution in [2.45, 2.75) is 18.9 Å². The highest BCUT2D eigenvalue weighted by atomic mass is 35.5. The molecule has 1 amide bonds. The number of carbonyl (C=O) groups is 1. The first-order valence-electron chi connectivity index (χ1n) is 7.33. The summed E-state index contributed by atoms with van der Waals surface area (Å²) < 4.78 is 0. The fraction of sp³-hybridized carbons (Fsp3) is 0.533. The number of nitrogens with one attached hydrogen (secondary N) is 2. The van der Waals surface area contributed by atoms with Gasteiger partial charge in [-0.15, -0.1) is 0 Å². The summed E-state index contributed by atoms with van der Waals surface area (Å²) in [5.41, 5.74) is 0.576. The summed E-state index contributed by atoms with van der Waals surface area (Å²) in [6.45, 7) is 3.47. The molecule has 2 atom stereocenters. The van der Waals surface area contributed by atoms with E-state index in [1.807, 2.05) is 0 Å². The molecule has 0 aliphatic carbocycles. The number of hydrogen-bond acceptors (Lipinski definition) is 3. The average molecular weight is 328 g/mol. The van der Waals surface area contributed by atoms with Crippen molar-refractivity contribution in [2.24, 2.45) is 5.92 Å². The molecule has 114 valence electrons. The molecule has 4 nitrogen and oxygen atoms in total. The second-order valence-electron chi connectivity index (χ2n) is 5.78. The Morgan fingerprint density at radius 3 is 3.10 bits per heavy atom. The molecule has 0 bridgehead atoms. The van der Waals surface area contributed by atoms with Crippen LogP contribution in [0.3, 0.4) is 0 Å². The number of anilines is 1. The van der Waals surface area contributed by atoms with Gasteiger partial charge in [0.15, 0.2) is 0 Å². The predicted molar refractivity (Wildman–Crippen MR) is 86.0 cm³/mol. The van der Waals surface area contributed by atoms with Gasteiger partial charge in [-0.25, -0.2) is 0 Å². The van der Waals surface area contributed by atoms with E-state index in [0.717, 1.165) is 26.1 Å². The van der Waals surface area contributed by atoms with Gasteiger partial charge >= 0.3 is 0 Å². The highest BCUT2D eigenvalue weighted by Gasteiger charge is 2.32. The van der Waals surface area contributed by atoms with E-state index >= 15 is 0 Å². The number of fused-ring (bicyclic) bond motifs is 1. The van der Waals surface area contributed by atoms with E-state index in [1.54, 1.807) is 18.2 Å². The summed E-state index contributed by atoms with van der Waals surface area (Å²) in [4.78, 5) is 14.4. The van der Waals surface area contributed by atoms with Crippen molar-refractivity contribution in [1.29, 1.82) is 0 Å². The molecule has 3 rings (SSSR count). The quantitative estimate of drug-likeness (QED) is 0.896. The zero-order valence-electron chi connectivity index (χ0n) is 11.7. The monoisotopic (exact) mass is 327 g/mol. The summed E-state index contributed by atoms with van der Waals surface area (Å²) in [5.74, 6) is 0.643. The zero-order chi connectivity index (χ0) is 14.8. The van der Waals surface area contributed by atoms with Crippen LogP contribution in [0.1, 0.15) is 12.8 Å². The van der Waals surface area contributed by atoms with E-state index in [-0.39, 0.29) is 5.91 Å². The van der Waals surface area contributed by atoms with E-state index < -0.39 is 0 Å². The standard InChI is InChI=1S/C15H19Cl2N3O/c16-11-2-1-3-13(15(11)17)19-14(21)9-20-7-5-12-10(8-20)4-6-18-12/h1-3,10,12,18H,4-9H2,(H,19,21). The Labute approximate surface area is 134 Å². The second-order valence-corrected chi connectivity index (χ2v) is 6.57. The molecular weight excluding hydrogens is 309 g/mol. The van der Waals surface area contributed by atoms with Crippen molar-refractivity contribution in [3.8, 4) is 0 Å². The summed E-state index contributed by atoms with van der Waals surface area (Å²) in [6, 6.07) is 5.89. The van der Waals surface area contributed by atoms with Gasteiger partial charge in [-0.05, 0) is 37.4 Å². The van der Waals surface area contributed by atoms with Gasteiger partial charge in [0.05, 0.1) is 22.3 Å². The Morgan fingerprint density at radius 2 is 2.24 bits per heavy atom. The minimum Gasteiger partial charge on any atom is -0.324 e. The second kappa shape index (κ2) is 6.53. The van der Waals surface area contributed by atoms with Crippen LogP contribution in [0.4, 0.5) is 5.69 Å². The Bertz CT molecular complexity index is 538. The minimum atomic E-state index is -0.0384. The lowest BCUT2D eigenvalue weighted by atomic mass is 9.93. The number of likely N-dealkylation sites (tertiary alicyclic amines) is 1. The van der Waals surface area contributed by atoms with E-state index in [2.05, 4.69) is 15.5 Å². The Hall–Kier alpha value is -0.810. The number of nitrogens with zero attached hydrogens (tertiary/aromatic N) is 1. The first-order valence-corrected chi connectivity index (χ1v) is 8.08. The van der Waals surface area contributed by atoms with Crippen LogP contribution in [-0.2, 0) is 4.79 Å². The van der Waals surface area contributed by atoms with Crippen LogP contribution in [0.15, 0.2) is 18.2 Å². The van der Waals surface area contributed by atoms with Crippen molar-refractivity contribution in [2.75, 3.05) is 31.5 Å². The van der Waals surface area contributed by atoms with Crippen LogP contribution >= 0.6 is 23.2 Å². The number of rotatable bonds is 3. The highest BCUT2D eigenvalue weighted by molar-refractivity contribution is 6.43. The van der Waals surface area contributed by atoms with Crippen molar-refractivity contribution < 1.29 is 4.79 Å². The van der Waals surface area contributed by atoms with Gasteiger partial charge in [-0.2, -0.15) is 0 Å². The van der Waals surface area contributed by atoms with Crippen LogP contribution in [0, 0.1) is 5.92 Å². The minimum absolute atomic E-state index is 0.0384. The van der Waals surface area contributed by atoms with Crippen LogP contribution in [0.25, 0.3) is 0 Å². The Morgan fingerprint density at radius 1 is 1.38 bits per heavy atom. The van der Waals surface area contributed by atoms with Gasteiger partial charge in [0.25, 0.3) is 0 Å². The SMILES string of the molecule is O=C(CN1CCC2NCCC2C1)Nc1cccc(Cl)c1Cl. The average Bonchev–Trinajstić information content (AvgIpc) is 2.91. The third-order valence-electron chi connectivity index (χ3n) is 4.33. The zero-order valence-corrected chi connectivity index (χ0v) is 13.3. The molecule has 1 aromatic rings. The highest BCUT2D eigenvalue weighted by Crippen LogP contribution is 2.29. The van der Waals surface area contributed by atoms with Crippen molar-refractivity contribution in [1.82, 2.24) is 10.2 Å². The van der Waals surface area contributed by atoms with Crippen LogP contribution < -0.4 is 10.6 Å². The van der Waals surface area contributed by atoms with Crippen LogP contribution in [0.2, 0.25) is 10.0 Å². The predicted octanol–water partition coefficient (Wildman–Crippen LogP) is 2.62. The number of piperidine rings is 1. The van der Waals surface area contributed by atoms with Gasteiger partial charge in [-0.1, -0.05) is 29.3 Å². The van der Waals surface area contributed by atoms with Gasteiger partial charge in [0, 0.05) is 19.1 Å². The third-order valence-corrected chi connectivity index (χ3v) is 5.15. The lowest BCUT2D eigenvalue weighted by molar-refractivity contribution is -0.117. The van der Waals surface area contributed by atoms with Crippen molar-refractivity contribution >= 4 is 34.8 Å². The summed E-state index contributed by atoms with van der Waals surface area (Å²) in [5, 5.41) is 7.22. The first kappa shape index (κ1) is 15.1. The molecule has 0 spiro atoms. The van der Waals surface area contributed by atoms with Gasteiger partial charge < -0.3 is 10.6 Å². The van der Waals surface area contributed by atoms with E-state index in [0.29, 0.717) is 34.2 Å². The van der Waals surface area contributed by atoms with Crippen LogP contribution in [0.5, 0.6) is 0 Å². The first-order chi connectivity index (χ1) is 10.1.